The quantitative estimate of drug-likeness (QED) is 0.733. The second kappa shape index (κ2) is 5.28. The molecule has 1 aliphatic carbocycles. The Hall–Kier alpha value is -0.120. The molecule has 0 bridgehead atoms. The van der Waals surface area contributed by atoms with Crippen LogP contribution in [0.15, 0.2) is 0 Å². The summed E-state index contributed by atoms with van der Waals surface area (Å²) in [5.41, 5.74) is 5.98. The van der Waals surface area contributed by atoms with Crippen molar-refractivity contribution in [2.45, 2.75) is 44.7 Å². The maximum Gasteiger partial charge on any atom is 0.0168 e. The molecule has 1 heterocycles. The predicted molar refractivity (Wildman–Crippen MR) is 63.9 cm³/mol. The third kappa shape index (κ3) is 3.44. The maximum absolute atomic E-state index is 5.98. The lowest BCUT2D eigenvalue weighted by Crippen LogP contribution is -2.45. The highest BCUT2D eigenvalue weighted by Gasteiger charge is 2.28. The van der Waals surface area contributed by atoms with Gasteiger partial charge in [-0.1, -0.05) is 6.92 Å². The van der Waals surface area contributed by atoms with Crippen LogP contribution in [0.1, 0.15) is 32.6 Å². The average molecular weight is 211 g/mol. The first kappa shape index (κ1) is 11.4. The fraction of sp³-hybridized carbons (Fsp3) is 1.00. The van der Waals surface area contributed by atoms with Gasteiger partial charge in [-0.25, -0.2) is 0 Å². The smallest absolute Gasteiger partial charge is 0.0168 e. The van der Waals surface area contributed by atoms with E-state index in [0.717, 1.165) is 12.6 Å². The van der Waals surface area contributed by atoms with E-state index in [0.29, 0.717) is 6.04 Å². The van der Waals surface area contributed by atoms with Gasteiger partial charge >= 0.3 is 0 Å². The highest BCUT2D eigenvalue weighted by Crippen LogP contribution is 2.26. The van der Waals surface area contributed by atoms with Crippen LogP contribution < -0.4 is 5.73 Å². The van der Waals surface area contributed by atoms with Gasteiger partial charge in [-0.15, -0.1) is 0 Å². The largest absolute Gasteiger partial charge is 0.327 e. The van der Waals surface area contributed by atoms with Gasteiger partial charge in [-0.2, -0.15) is 0 Å². The molecule has 88 valence electrons. The molecule has 3 heteroatoms. The van der Waals surface area contributed by atoms with Crippen LogP contribution in [0.4, 0.5) is 0 Å². The molecule has 2 aliphatic rings. The summed E-state index contributed by atoms with van der Waals surface area (Å²) in [6.07, 6.45) is 5.36. The van der Waals surface area contributed by atoms with Crippen LogP contribution >= 0.6 is 0 Å². The molecule has 1 saturated carbocycles. The Bertz CT molecular complexity index is 191. The molecule has 1 unspecified atom stereocenters. The van der Waals surface area contributed by atoms with E-state index in [1.807, 2.05) is 0 Å². The van der Waals surface area contributed by atoms with Crippen LogP contribution in [-0.2, 0) is 0 Å². The number of hydrogen-bond donors (Lipinski definition) is 1. The fourth-order valence-corrected chi connectivity index (χ4v) is 2.60. The Morgan fingerprint density at radius 2 is 2.13 bits per heavy atom. The summed E-state index contributed by atoms with van der Waals surface area (Å²) in [6, 6.07) is 1.34. The van der Waals surface area contributed by atoms with Crippen molar-refractivity contribution in [2.75, 3.05) is 32.7 Å². The minimum atomic E-state index is 0.426. The predicted octanol–water partition coefficient (Wildman–Crippen LogP) is 0.894. The first-order valence-corrected chi connectivity index (χ1v) is 6.51. The summed E-state index contributed by atoms with van der Waals surface area (Å²) < 4.78 is 0. The van der Waals surface area contributed by atoms with Crippen LogP contribution in [0.5, 0.6) is 0 Å². The molecule has 0 spiro atoms. The van der Waals surface area contributed by atoms with Gasteiger partial charge in [0.05, 0.1) is 0 Å². The number of nitrogens with zero attached hydrogens (tertiary/aromatic N) is 2. The van der Waals surface area contributed by atoms with E-state index in [1.165, 1.54) is 51.9 Å². The molecule has 1 aliphatic heterocycles. The highest BCUT2D eigenvalue weighted by atomic mass is 15.2. The monoisotopic (exact) mass is 211 g/mol. The van der Waals surface area contributed by atoms with Crippen molar-refractivity contribution in [3.63, 3.8) is 0 Å². The number of likely N-dealkylation sites (tertiary alicyclic amines) is 1. The van der Waals surface area contributed by atoms with E-state index in [9.17, 15) is 0 Å². The number of piperidine rings is 1. The summed E-state index contributed by atoms with van der Waals surface area (Å²) in [5.74, 6) is 0. The Balaban J connectivity index is 1.67. The molecule has 2 N–H and O–H groups in total. The molecule has 2 fully saturated rings. The van der Waals surface area contributed by atoms with E-state index < -0.39 is 0 Å². The Morgan fingerprint density at radius 1 is 1.33 bits per heavy atom. The van der Waals surface area contributed by atoms with Gasteiger partial charge in [0, 0.05) is 31.7 Å². The molecule has 1 atom stereocenters. The zero-order valence-electron chi connectivity index (χ0n) is 9.99. The summed E-state index contributed by atoms with van der Waals surface area (Å²) in [5, 5.41) is 0. The standard InChI is InChI=1S/C12H25N3/c1-2-15(12-5-6-12)9-8-14-7-3-4-11(13)10-14/h11-12H,2-10,13H2,1H3. The summed E-state index contributed by atoms with van der Waals surface area (Å²) >= 11 is 0. The van der Waals surface area contributed by atoms with Gasteiger partial charge in [-0.3, -0.25) is 4.90 Å². The third-order valence-electron chi connectivity index (χ3n) is 3.71. The molecule has 15 heavy (non-hydrogen) atoms. The summed E-state index contributed by atoms with van der Waals surface area (Å²) in [4.78, 5) is 5.17. The van der Waals surface area contributed by atoms with Crippen molar-refractivity contribution in [2.24, 2.45) is 5.73 Å². The minimum absolute atomic E-state index is 0.426. The van der Waals surface area contributed by atoms with Crippen molar-refractivity contribution in [3.05, 3.63) is 0 Å². The lowest BCUT2D eigenvalue weighted by atomic mass is 10.1. The lowest BCUT2D eigenvalue weighted by molar-refractivity contribution is 0.170. The van der Waals surface area contributed by atoms with Gasteiger partial charge in [0.15, 0.2) is 0 Å². The van der Waals surface area contributed by atoms with E-state index in [-0.39, 0.29) is 0 Å². The second-order valence-corrected chi connectivity index (χ2v) is 5.06. The summed E-state index contributed by atoms with van der Waals surface area (Å²) in [6.45, 7) is 8.33. The molecule has 1 saturated heterocycles. The zero-order valence-corrected chi connectivity index (χ0v) is 9.99. The van der Waals surface area contributed by atoms with E-state index >= 15 is 0 Å². The van der Waals surface area contributed by atoms with Gasteiger partial charge in [-0.05, 0) is 38.8 Å². The van der Waals surface area contributed by atoms with Crippen LogP contribution in [0.25, 0.3) is 0 Å². The number of nitrogens with two attached hydrogens (primary N) is 1. The van der Waals surface area contributed by atoms with Gasteiger partial charge in [0.25, 0.3) is 0 Å². The fourth-order valence-electron chi connectivity index (χ4n) is 2.60. The third-order valence-corrected chi connectivity index (χ3v) is 3.71. The zero-order chi connectivity index (χ0) is 10.7. The normalized spacial score (nSPS) is 28.6. The van der Waals surface area contributed by atoms with Crippen molar-refractivity contribution in [1.29, 1.82) is 0 Å². The average Bonchev–Trinajstić information content (AvgIpc) is 3.03. The van der Waals surface area contributed by atoms with E-state index in [2.05, 4.69) is 16.7 Å². The SMILES string of the molecule is CCN(CCN1CCCC(N)C1)C1CC1. The van der Waals surface area contributed by atoms with Gasteiger partial charge in [0.2, 0.25) is 0 Å². The highest BCUT2D eigenvalue weighted by molar-refractivity contribution is 4.85. The van der Waals surface area contributed by atoms with Crippen molar-refractivity contribution < 1.29 is 0 Å². The Labute approximate surface area is 93.6 Å². The molecule has 0 aromatic rings. The molecular weight excluding hydrogens is 186 g/mol. The number of likely N-dealkylation sites (N-methyl/N-ethyl adjacent to an activating group) is 1. The van der Waals surface area contributed by atoms with Crippen LogP contribution in [0, 0.1) is 0 Å². The first-order chi connectivity index (χ1) is 7.29. The molecule has 0 amide bonds. The molecule has 0 aromatic carbocycles. The molecule has 3 nitrogen and oxygen atoms in total. The molecule has 0 radical (unpaired) electrons. The minimum Gasteiger partial charge on any atom is -0.327 e. The lowest BCUT2D eigenvalue weighted by Gasteiger charge is -2.32. The van der Waals surface area contributed by atoms with Crippen LogP contribution in [0.3, 0.4) is 0 Å². The molecule has 0 aromatic heterocycles. The molecular formula is C12H25N3. The summed E-state index contributed by atoms with van der Waals surface area (Å²) in [7, 11) is 0. The van der Waals surface area contributed by atoms with Crippen LogP contribution in [-0.4, -0.2) is 54.6 Å². The van der Waals surface area contributed by atoms with Crippen molar-refractivity contribution >= 4 is 0 Å². The van der Waals surface area contributed by atoms with E-state index in [1.54, 1.807) is 0 Å². The van der Waals surface area contributed by atoms with Gasteiger partial charge in [0.1, 0.15) is 0 Å². The number of rotatable bonds is 5. The Kier molecular flexibility index (Phi) is 4.00. The molecule has 2 rings (SSSR count). The second-order valence-electron chi connectivity index (χ2n) is 5.06. The van der Waals surface area contributed by atoms with Crippen molar-refractivity contribution in [1.82, 2.24) is 9.80 Å². The Morgan fingerprint density at radius 3 is 2.73 bits per heavy atom. The van der Waals surface area contributed by atoms with E-state index in [4.69, 9.17) is 5.73 Å². The number of hydrogen-bond acceptors (Lipinski definition) is 3. The van der Waals surface area contributed by atoms with Crippen molar-refractivity contribution in [3.8, 4) is 0 Å². The van der Waals surface area contributed by atoms with Crippen LogP contribution in [0.2, 0.25) is 0 Å². The maximum atomic E-state index is 5.98. The van der Waals surface area contributed by atoms with Gasteiger partial charge < -0.3 is 10.6 Å². The topological polar surface area (TPSA) is 32.5 Å². The first-order valence-electron chi connectivity index (χ1n) is 6.51.